The first-order chi connectivity index (χ1) is 8.56. The Kier molecular flexibility index (Phi) is 3.75. The van der Waals surface area contributed by atoms with Crippen LogP contribution in [-0.4, -0.2) is 15.9 Å². The Morgan fingerprint density at radius 1 is 1.33 bits per heavy atom. The summed E-state index contributed by atoms with van der Waals surface area (Å²) in [5, 5.41) is 2.76. The van der Waals surface area contributed by atoms with Gasteiger partial charge in [0.25, 0.3) is 5.91 Å². The highest BCUT2D eigenvalue weighted by Gasteiger charge is 2.08. The van der Waals surface area contributed by atoms with Crippen LogP contribution in [0.5, 0.6) is 0 Å². The van der Waals surface area contributed by atoms with E-state index in [4.69, 9.17) is 5.73 Å². The van der Waals surface area contributed by atoms with Crippen molar-refractivity contribution in [1.29, 1.82) is 0 Å². The molecule has 0 atom stereocenters. The molecular formula is C12H11IN4O. The standard InChI is InChI=1S/C12H11IN4O/c1-7-2-3-8(4-9(7)13)17-12(18)10-5-16-11(14)6-15-10/h2-6H,1H3,(H2,14,16)(H,17,18). The van der Waals surface area contributed by atoms with Gasteiger partial charge in [0.2, 0.25) is 0 Å². The molecule has 0 saturated heterocycles. The minimum atomic E-state index is -0.304. The molecule has 0 radical (unpaired) electrons. The number of hydrogen-bond donors (Lipinski definition) is 2. The highest BCUT2D eigenvalue weighted by Crippen LogP contribution is 2.17. The summed E-state index contributed by atoms with van der Waals surface area (Å²) >= 11 is 2.22. The molecule has 92 valence electrons. The third kappa shape index (κ3) is 2.95. The van der Waals surface area contributed by atoms with E-state index < -0.39 is 0 Å². The van der Waals surface area contributed by atoms with Gasteiger partial charge in [-0.05, 0) is 47.2 Å². The minimum absolute atomic E-state index is 0.236. The molecule has 6 heteroatoms. The van der Waals surface area contributed by atoms with Crippen LogP contribution < -0.4 is 11.1 Å². The topological polar surface area (TPSA) is 80.9 Å². The lowest BCUT2D eigenvalue weighted by Gasteiger charge is -2.06. The number of anilines is 2. The van der Waals surface area contributed by atoms with Gasteiger partial charge in [-0.2, -0.15) is 0 Å². The third-order valence-electron chi connectivity index (χ3n) is 2.33. The first-order valence-corrected chi connectivity index (χ1v) is 6.29. The molecule has 1 amide bonds. The molecule has 2 rings (SSSR count). The van der Waals surface area contributed by atoms with Gasteiger partial charge < -0.3 is 11.1 Å². The Morgan fingerprint density at radius 2 is 2.11 bits per heavy atom. The monoisotopic (exact) mass is 354 g/mol. The molecule has 5 nitrogen and oxygen atoms in total. The number of nitrogens with two attached hydrogens (primary N) is 1. The summed E-state index contributed by atoms with van der Waals surface area (Å²) in [4.78, 5) is 19.6. The average Bonchev–Trinajstić information content (AvgIpc) is 2.34. The normalized spacial score (nSPS) is 10.1. The first-order valence-electron chi connectivity index (χ1n) is 5.21. The van der Waals surface area contributed by atoms with E-state index in [0.717, 1.165) is 9.26 Å². The summed E-state index contributed by atoms with van der Waals surface area (Å²) in [5.41, 5.74) is 7.54. The predicted molar refractivity (Wildman–Crippen MR) is 78.3 cm³/mol. The van der Waals surface area contributed by atoms with E-state index >= 15 is 0 Å². The van der Waals surface area contributed by atoms with E-state index in [-0.39, 0.29) is 17.4 Å². The number of nitrogens with one attached hydrogen (secondary N) is 1. The number of hydrogen-bond acceptors (Lipinski definition) is 4. The molecule has 0 unspecified atom stereocenters. The number of halogens is 1. The van der Waals surface area contributed by atoms with Gasteiger partial charge in [-0.1, -0.05) is 6.07 Å². The second-order valence-corrected chi connectivity index (χ2v) is 4.91. The van der Waals surface area contributed by atoms with Crippen molar-refractivity contribution < 1.29 is 4.79 Å². The fourth-order valence-corrected chi connectivity index (χ4v) is 1.84. The van der Waals surface area contributed by atoms with E-state index in [2.05, 4.69) is 37.9 Å². The number of carbonyl (C=O) groups excluding carboxylic acids is 1. The predicted octanol–water partition coefficient (Wildman–Crippen LogP) is 2.22. The summed E-state index contributed by atoms with van der Waals surface area (Å²) in [6.45, 7) is 2.01. The van der Waals surface area contributed by atoms with Crippen molar-refractivity contribution >= 4 is 40.0 Å². The molecule has 0 bridgehead atoms. The van der Waals surface area contributed by atoms with Crippen molar-refractivity contribution in [1.82, 2.24) is 9.97 Å². The van der Waals surface area contributed by atoms with Crippen LogP contribution in [0.15, 0.2) is 30.6 Å². The molecule has 0 saturated carbocycles. The number of aryl methyl sites for hydroxylation is 1. The summed E-state index contributed by atoms with van der Waals surface area (Å²) in [6.07, 6.45) is 2.71. The van der Waals surface area contributed by atoms with Crippen molar-refractivity contribution in [3.8, 4) is 0 Å². The number of nitrogens with zero attached hydrogens (tertiary/aromatic N) is 2. The highest BCUT2D eigenvalue weighted by atomic mass is 127. The molecular weight excluding hydrogens is 343 g/mol. The zero-order chi connectivity index (χ0) is 13.1. The third-order valence-corrected chi connectivity index (χ3v) is 3.50. The van der Waals surface area contributed by atoms with E-state index in [1.165, 1.54) is 18.0 Å². The van der Waals surface area contributed by atoms with Gasteiger partial charge in [0.15, 0.2) is 0 Å². The van der Waals surface area contributed by atoms with Crippen molar-refractivity contribution in [2.45, 2.75) is 6.92 Å². The maximum atomic E-state index is 11.9. The summed E-state index contributed by atoms with van der Waals surface area (Å²) < 4.78 is 1.09. The number of benzene rings is 1. The molecule has 1 aromatic heterocycles. The molecule has 2 aromatic rings. The van der Waals surface area contributed by atoms with Crippen molar-refractivity contribution in [3.63, 3.8) is 0 Å². The minimum Gasteiger partial charge on any atom is -0.382 e. The van der Waals surface area contributed by atoms with Crippen LogP contribution in [0.25, 0.3) is 0 Å². The maximum absolute atomic E-state index is 11.9. The number of nitrogen functional groups attached to an aromatic ring is 1. The van der Waals surface area contributed by atoms with Crippen LogP contribution in [-0.2, 0) is 0 Å². The molecule has 0 spiro atoms. The Balaban J connectivity index is 2.16. The van der Waals surface area contributed by atoms with Crippen molar-refractivity contribution in [3.05, 3.63) is 45.4 Å². The Labute approximate surface area is 118 Å². The van der Waals surface area contributed by atoms with Crippen LogP contribution in [0.2, 0.25) is 0 Å². The second kappa shape index (κ2) is 5.30. The van der Waals surface area contributed by atoms with E-state index in [0.29, 0.717) is 0 Å². The van der Waals surface area contributed by atoms with Gasteiger partial charge in [-0.25, -0.2) is 9.97 Å². The molecule has 1 aromatic carbocycles. The highest BCUT2D eigenvalue weighted by molar-refractivity contribution is 14.1. The van der Waals surface area contributed by atoms with Crippen LogP contribution in [0.4, 0.5) is 11.5 Å². The summed E-state index contributed by atoms with van der Waals surface area (Å²) in [6, 6.07) is 5.70. The fraction of sp³-hybridized carbons (Fsp3) is 0.0833. The van der Waals surface area contributed by atoms with Gasteiger partial charge >= 0.3 is 0 Å². The van der Waals surface area contributed by atoms with Crippen LogP contribution >= 0.6 is 22.6 Å². The van der Waals surface area contributed by atoms with Gasteiger partial charge in [0.05, 0.1) is 12.4 Å². The molecule has 0 aliphatic rings. The number of rotatable bonds is 2. The molecule has 1 heterocycles. The quantitative estimate of drug-likeness (QED) is 0.811. The lowest BCUT2D eigenvalue weighted by molar-refractivity contribution is 0.102. The average molecular weight is 354 g/mol. The zero-order valence-corrected chi connectivity index (χ0v) is 11.8. The van der Waals surface area contributed by atoms with Crippen molar-refractivity contribution in [2.75, 3.05) is 11.1 Å². The zero-order valence-electron chi connectivity index (χ0n) is 9.64. The molecule has 18 heavy (non-hydrogen) atoms. The van der Waals surface area contributed by atoms with Gasteiger partial charge in [-0.15, -0.1) is 0 Å². The number of aromatic nitrogens is 2. The van der Waals surface area contributed by atoms with E-state index in [9.17, 15) is 4.79 Å². The largest absolute Gasteiger partial charge is 0.382 e. The Bertz CT molecular complexity index is 583. The van der Waals surface area contributed by atoms with Gasteiger partial charge in [-0.3, -0.25) is 4.79 Å². The van der Waals surface area contributed by atoms with Crippen LogP contribution in [0.3, 0.4) is 0 Å². The van der Waals surface area contributed by atoms with Crippen LogP contribution in [0.1, 0.15) is 16.1 Å². The van der Waals surface area contributed by atoms with Gasteiger partial charge in [0, 0.05) is 9.26 Å². The first kappa shape index (κ1) is 12.7. The second-order valence-electron chi connectivity index (χ2n) is 3.74. The SMILES string of the molecule is Cc1ccc(NC(=O)c2cnc(N)cn2)cc1I. The van der Waals surface area contributed by atoms with E-state index in [1.807, 2.05) is 25.1 Å². The summed E-state index contributed by atoms with van der Waals surface area (Å²) in [5.74, 6) is -0.0152. The Hall–Kier alpha value is -1.70. The molecule has 0 aliphatic heterocycles. The number of amides is 1. The van der Waals surface area contributed by atoms with E-state index in [1.54, 1.807) is 0 Å². The lowest BCUT2D eigenvalue weighted by Crippen LogP contribution is -2.14. The van der Waals surface area contributed by atoms with Crippen LogP contribution in [0, 0.1) is 10.5 Å². The molecule has 0 aliphatic carbocycles. The Morgan fingerprint density at radius 3 is 2.72 bits per heavy atom. The van der Waals surface area contributed by atoms with Gasteiger partial charge in [0.1, 0.15) is 11.5 Å². The number of carbonyl (C=O) groups is 1. The maximum Gasteiger partial charge on any atom is 0.275 e. The van der Waals surface area contributed by atoms with Crippen molar-refractivity contribution in [2.24, 2.45) is 0 Å². The lowest BCUT2D eigenvalue weighted by atomic mass is 10.2. The smallest absolute Gasteiger partial charge is 0.275 e. The fourth-order valence-electron chi connectivity index (χ4n) is 1.32. The molecule has 3 N–H and O–H groups in total. The summed E-state index contributed by atoms with van der Waals surface area (Å²) in [7, 11) is 0. The molecule has 0 fully saturated rings.